The van der Waals surface area contributed by atoms with Crippen molar-refractivity contribution in [2.24, 2.45) is 0 Å². The van der Waals surface area contributed by atoms with E-state index < -0.39 is 10.0 Å². The minimum Gasteiger partial charge on any atom is -0.360 e. The molecule has 1 aromatic heterocycles. The van der Waals surface area contributed by atoms with Gasteiger partial charge in [0.2, 0.25) is 15.9 Å². The third-order valence-corrected chi connectivity index (χ3v) is 5.22. The number of hydrogen-bond donors (Lipinski definition) is 1. The Morgan fingerprint density at radius 3 is 2.58 bits per heavy atom. The number of amides is 1. The lowest BCUT2D eigenvalue weighted by molar-refractivity contribution is -0.116. The summed E-state index contributed by atoms with van der Waals surface area (Å²) in [6, 6.07) is 6.07. The van der Waals surface area contributed by atoms with E-state index in [1.165, 1.54) is 30.0 Å². The maximum absolute atomic E-state index is 12.3. The van der Waals surface area contributed by atoms with Crippen molar-refractivity contribution in [1.82, 2.24) is 9.88 Å². The van der Waals surface area contributed by atoms with E-state index in [-0.39, 0.29) is 23.9 Å². The first-order chi connectivity index (χ1) is 11.2. The Hall–Kier alpha value is -1.90. The number of halogens is 1. The van der Waals surface area contributed by atoms with E-state index >= 15 is 0 Å². The monoisotopic (exact) mass is 371 g/mol. The zero-order chi connectivity index (χ0) is 17.9. The fourth-order valence-corrected chi connectivity index (χ4v) is 3.30. The summed E-state index contributed by atoms with van der Waals surface area (Å²) in [5.41, 5.74) is 0.669. The van der Waals surface area contributed by atoms with Gasteiger partial charge in [0.05, 0.1) is 4.90 Å². The van der Waals surface area contributed by atoms with Gasteiger partial charge >= 0.3 is 0 Å². The SMILES string of the molecule is CC(=O)N(CCNS(=O)(=O)c1ccc(Cl)c(C)c1)c1cc(C)on1. The maximum atomic E-state index is 12.3. The third-order valence-electron chi connectivity index (χ3n) is 3.34. The van der Waals surface area contributed by atoms with E-state index in [0.29, 0.717) is 22.2 Å². The highest BCUT2D eigenvalue weighted by Gasteiger charge is 2.18. The molecule has 1 N–H and O–H groups in total. The van der Waals surface area contributed by atoms with Crippen LogP contribution in [-0.2, 0) is 14.8 Å². The van der Waals surface area contributed by atoms with Crippen molar-refractivity contribution in [3.63, 3.8) is 0 Å². The number of rotatable bonds is 6. The van der Waals surface area contributed by atoms with Crippen molar-refractivity contribution >= 4 is 33.3 Å². The van der Waals surface area contributed by atoms with Crippen LogP contribution < -0.4 is 9.62 Å². The molecule has 0 aliphatic rings. The van der Waals surface area contributed by atoms with Crippen LogP contribution >= 0.6 is 11.6 Å². The van der Waals surface area contributed by atoms with Gasteiger partial charge in [-0.15, -0.1) is 0 Å². The quantitative estimate of drug-likeness (QED) is 0.840. The number of nitrogens with zero attached hydrogens (tertiary/aromatic N) is 2. The lowest BCUT2D eigenvalue weighted by Crippen LogP contribution is -2.37. The summed E-state index contributed by atoms with van der Waals surface area (Å²) in [5.74, 6) is 0.653. The number of carbonyl (C=O) groups excluding carboxylic acids is 1. The fourth-order valence-electron chi connectivity index (χ4n) is 2.07. The second kappa shape index (κ2) is 7.33. The van der Waals surface area contributed by atoms with Crippen LogP contribution in [0.2, 0.25) is 5.02 Å². The first kappa shape index (κ1) is 18.4. The van der Waals surface area contributed by atoms with Crippen molar-refractivity contribution in [3.8, 4) is 0 Å². The van der Waals surface area contributed by atoms with Crippen LogP contribution in [0.25, 0.3) is 0 Å². The van der Waals surface area contributed by atoms with E-state index in [1.54, 1.807) is 19.9 Å². The molecule has 0 atom stereocenters. The molecule has 0 saturated carbocycles. The Bertz CT molecular complexity index is 848. The van der Waals surface area contributed by atoms with E-state index in [0.717, 1.165) is 0 Å². The first-order valence-corrected chi connectivity index (χ1v) is 9.04. The highest BCUT2D eigenvalue weighted by atomic mass is 35.5. The molecule has 0 fully saturated rings. The van der Waals surface area contributed by atoms with E-state index in [2.05, 4.69) is 9.88 Å². The molecule has 1 aromatic carbocycles. The molecule has 0 saturated heterocycles. The lowest BCUT2D eigenvalue weighted by atomic mass is 10.2. The average molecular weight is 372 g/mol. The molecular formula is C15H18ClN3O4S. The number of benzene rings is 1. The van der Waals surface area contributed by atoms with E-state index in [4.69, 9.17) is 16.1 Å². The van der Waals surface area contributed by atoms with Gasteiger partial charge in [0.1, 0.15) is 5.76 Å². The number of aromatic nitrogens is 1. The van der Waals surface area contributed by atoms with Crippen LogP contribution in [0.15, 0.2) is 33.7 Å². The molecule has 0 bridgehead atoms. The van der Waals surface area contributed by atoms with E-state index in [1.807, 2.05) is 0 Å². The Labute approximate surface area is 145 Å². The van der Waals surface area contributed by atoms with Crippen molar-refractivity contribution in [2.75, 3.05) is 18.0 Å². The van der Waals surface area contributed by atoms with Crippen LogP contribution in [0.3, 0.4) is 0 Å². The van der Waals surface area contributed by atoms with Gasteiger partial charge in [-0.05, 0) is 37.6 Å². The highest BCUT2D eigenvalue weighted by molar-refractivity contribution is 7.89. The molecule has 1 amide bonds. The standard InChI is InChI=1S/C15H18ClN3O4S/c1-10-8-13(4-5-14(10)16)24(21,22)17-6-7-19(12(3)20)15-9-11(2)23-18-15/h4-5,8-9,17H,6-7H2,1-3H3. The molecule has 24 heavy (non-hydrogen) atoms. The summed E-state index contributed by atoms with van der Waals surface area (Å²) < 4.78 is 32.0. The van der Waals surface area contributed by atoms with Crippen molar-refractivity contribution < 1.29 is 17.7 Å². The lowest BCUT2D eigenvalue weighted by Gasteiger charge is -2.18. The number of hydrogen-bond acceptors (Lipinski definition) is 5. The predicted octanol–water partition coefficient (Wildman–Crippen LogP) is 2.28. The topological polar surface area (TPSA) is 92.5 Å². The minimum absolute atomic E-state index is 0.0372. The summed E-state index contributed by atoms with van der Waals surface area (Å²) in [6.45, 7) is 4.98. The van der Waals surface area contributed by atoms with E-state index in [9.17, 15) is 13.2 Å². The van der Waals surface area contributed by atoms with Gasteiger partial charge in [0, 0.05) is 31.1 Å². The van der Waals surface area contributed by atoms with Crippen LogP contribution in [0.1, 0.15) is 18.2 Å². The van der Waals surface area contributed by atoms with Crippen molar-refractivity contribution in [3.05, 3.63) is 40.6 Å². The Balaban J connectivity index is 2.05. The second-order valence-electron chi connectivity index (χ2n) is 5.28. The summed E-state index contributed by atoms with van der Waals surface area (Å²) in [6.07, 6.45) is 0. The number of sulfonamides is 1. The number of carbonyl (C=O) groups is 1. The fraction of sp³-hybridized carbons (Fsp3) is 0.333. The molecule has 0 aliphatic heterocycles. The zero-order valence-corrected chi connectivity index (χ0v) is 15.1. The summed E-state index contributed by atoms with van der Waals surface area (Å²) in [7, 11) is -3.69. The molecule has 0 spiro atoms. The maximum Gasteiger partial charge on any atom is 0.240 e. The van der Waals surface area contributed by atoms with Crippen LogP contribution in [0.5, 0.6) is 0 Å². The molecular weight excluding hydrogens is 354 g/mol. The first-order valence-electron chi connectivity index (χ1n) is 7.18. The largest absolute Gasteiger partial charge is 0.360 e. The number of anilines is 1. The smallest absolute Gasteiger partial charge is 0.240 e. The van der Waals surface area contributed by atoms with Gasteiger partial charge in [-0.3, -0.25) is 9.69 Å². The molecule has 0 unspecified atom stereocenters. The Morgan fingerprint density at radius 2 is 2.04 bits per heavy atom. The Morgan fingerprint density at radius 1 is 1.33 bits per heavy atom. The predicted molar refractivity (Wildman–Crippen MR) is 90.6 cm³/mol. The molecule has 2 aromatic rings. The normalized spacial score (nSPS) is 11.5. The zero-order valence-electron chi connectivity index (χ0n) is 13.5. The van der Waals surface area contributed by atoms with Crippen LogP contribution in [0, 0.1) is 13.8 Å². The molecule has 9 heteroatoms. The number of nitrogens with one attached hydrogen (secondary N) is 1. The molecule has 2 rings (SSSR count). The molecule has 1 heterocycles. The van der Waals surface area contributed by atoms with Gasteiger partial charge in [0.25, 0.3) is 0 Å². The summed E-state index contributed by atoms with van der Waals surface area (Å²) in [5, 5.41) is 4.27. The average Bonchev–Trinajstić information content (AvgIpc) is 2.92. The second-order valence-corrected chi connectivity index (χ2v) is 7.45. The van der Waals surface area contributed by atoms with Crippen LogP contribution in [0.4, 0.5) is 5.82 Å². The molecule has 7 nitrogen and oxygen atoms in total. The van der Waals surface area contributed by atoms with Gasteiger partial charge in [-0.2, -0.15) is 0 Å². The minimum atomic E-state index is -3.69. The third kappa shape index (κ3) is 4.34. The van der Waals surface area contributed by atoms with Gasteiger partial charge < -0.3 is 4.52 Å². The molecule has 130 valence electrons. The highest BCUT2D eigenvalue weighted by Crippen LogP contribution is 2.19. The van der Waals surface area contributed by atoms with Crippen LogP contribution in [-0.4, -0.2) is 32.6 Å². The molecule has 0 radical (unpaired) electrons. The van der Waals surface area contributed by atoms with Gasteiger partial charge in [0.15, 0.2) is 5.82 Å². The number of aryl methyl sites for hydroxylation is 2. The van der Waals surface area contributed by atoms with Crippen molar-refractivity contribution in [1.29, 1.82) is 0 Å². The summed E-state index contributed by atoms with van der Waals surface area (Å²) >= 11 is 5.91. The molecule has 0 aliphatic carbocycles. The Kier molecular flexibility index (Phi) is 5.63. The summed E-state index contributed by atoms with van der Waals surface area (Å²) in [4.78, 5) is 13.2. The van der Waals surface area contributed by atoms with Gasteiger partial charge in [-0.25, -0.2) is 13.1 Å². The van der Waals surface area contributed by atoms with Gasteiger partial charge in [-0.1, -0.05) is 16.8 Å². The van der Waals surface area contributed by atoms with Crippen molar-refractivity contribution in [2.45, 2.75) is 25.7 Å².